The smallest absolute Gasteiger partial charge is 0.297 e. The van der Waals surface area contributed by atoms with E-state index in [1.54, 1.807) is 12.3 Å². The van der Waals surface area contributed by atoms with E-state index >= 15 is 0 Å². The number of nitrogens with two attached hydrogens (primary N) is 3. The Balaban J connectivity index is 1.90. The Morgan fingerprint density at radius 1 is 1.33 bits per heavy atom. The number of aliphatic imine (C=N–C) groups is 1. The Morgan fingerprint density at radius 3 is 2.77 bits per heavy atom. The molecule has 160 valence electrons. The largest absolute Gasteiger partial charge is 0.485 e. The highest BCUT2D eigenvalue weighted by Gasteiger charge is 2.23. The van der Waals surface area contributed by atoms with Gasteiger partial charge in [-0.3, -0.25) is 4.99 Å². The van der Waals surface area contributed by atoms with E-state index in [1.807, 2.05) is 0 Å². The molecule has 10 nitrogen and oxygen atoms in total. The molecule has 0 atom stereocenters. The maximum absolute atomic E-state index is 12.9. The van der Waals surface area contributed by atoms with E-state index in [1.165, 1.54) is 18.5 Å². The molecule has 7 N–H and O–H groups in total. The normalized spacial score (nSPS) is 14.9. The number of hydrogen-bond acceptors (Lipinski definition) is 10. The number of nitrogen functional groups attached to an aromatic ring is 1. The monoisotopic (exact) mass is 420 g/mol. The number of halogens is 2. The van der Waals surface area contributed by atoms with E-state index in [-0.39, 0.29) is 17.7 Å². The average Bonchev–Trinajstić information content (AvgIpc) is 2.68. The van der Waals surface area contributed by atoms with Crippen molar-refractivity contribution >= 4 is 29.2 Å². The fraction of sp³-hybridized carbons (Fsp3) is 0.333. The molecule has 30 heavy (non-hydrogen) atoms. The standard InChI is InChI=1S/C18H22F2N8O2/c19-17(20)18-26-14(23)4-16(28-18)27-15-3-13(30-11-8-29-9-11)12(7-25-15)10(5-22)6-24-2-1-21/h3-7,11,17H,1-2,8-9,21-22H2,(H3,23,25,26,27,28)/b10-5+,24-6?. The third-order valence-corrected chi connectivity index (χ3v) is 3.96. The molecule has 0 aromatic carbocycles. The fourth-order valence-electron chi connectivity index (χ4n) is 2.50. The lowest BCUT2D eigenvalue weighted by Crippen LogP contribution is -2.38. The SMILES string of the molecule is N/C=C(\C=NCCN)c1cnc(Nc2cc(N)nc(C(F)F)n2)cc1OC1COC1. The van der Waals surface area contributed by atoms with E-state index in [4.69, 9.17) is 26.7 Å². The highest BCUT2D eigenvalue weighted by Crippen LogP contribution is 2.30. The van der Waals surface area contributed by atoms with Crippen LogP contribution in [0.2, 0.25) is 0 Å². The predicted molar refractivity (Wildman–Crippen MR) is 109 cm³/mol. The van der Waals surface area contributed by atoms with Gasteiger partial charge < -0.3 is 32.0 Å². The zero-order valence-corrected chi connectivity index (χ0v) is 16.0. The van der Waals surface area contributed by atoms with Crippen molar-refractivity contribution in [2.75, 3.05) is 37.4 Å². The summed E-state index contributed by atoms with van der Waals surface area (Å²) in [4.78, 5) is 15.7. The molecule has 1 fully saturated rings. The lowest BCUT2D eigenvalue weighted by molar-refractivity contribution is -0.0797. The first-order chi connectivity index (χ1) is 14.5. The zero-order chi connectivity index (χ0) is 21.5. The van der Waals surface area contributed by atoms with Crippen molar-refractivity contribution in [3.05, 3.63) is 35.9 Å². The Labute approximate surface area is 171 Å². The molecule has 1 saturated heterocycles. The molecule has 12 heteroatoms. The summed E-state index contributed by atoms with van der Waals surface area (Å²) in [5.74, 6) is 0.0825. The van der Waals surface area contributed by atoms with Gasteiger partial charge in [-0.1, -0.05) is 0 Å². The maximum Gasteiger partial charge on any atom is 0.297 e. The zero-order valence-electron chi connectivity index (χ0n) is 16.0. The molecule has 3 heterocycles. The third-order valence-electron chi connectivity index (χ3n) is 3.96. The Bertz CT molecular complexity index is 934. The van der Waals surface area contributed by atoms with Crippen molar-refractivity contribution in [2.24, 2.45) is 16.5 Å². The molecule has 1 aliphatic heterocycles. The van der Waals surface area contributed by atoms with Crippen molar-refractivity contribution < 1.29 is 18.3 Å². The summed E-state index contributed by atoms with van der Waals surface area (Å²) in [6.07, 6.45) is 1.52. The first kappa shape index (κ1) is 21.3. The number of anilines is 3. The second-order valence-corrected chi connectivity index (χ2v) is 6.25. The van der Waals surface area contributed by atoms with E-state index in [9.17, 15) is 8.78 Å². The number of nitrogens with zero attached hydrogens (tertiary/aromatic N) is 4. The van der Waals surface area contributed by atoms with Gasteiger partial charge in [-0.15, -0.1) is 0 Å². The van der Waals surface area contributed by atoms with Crippen LogP contribution in [-0.4, -0.2) is 53.6 Å². The lowest BCUT2D eigenvalue weighted by atomic mass is 10.1. The van der Waals surface area contributed by atoms with E-state index < -0.39 is 12.2 Å². The number of hydrogen-bond donors (Lipinski definition) is 4. The molecule has 0 saturated carbocycles. The van der Waals surface area contributed by atoms with Gasteiger partial charge in [0.15, 0.2) is 5.82 Å². The van der Waals surface area contributed by atoms with Crippen LogP contribution in [0.25, 0.3) is 5.57 Å². The van der Waals surface area contributed by atoms with Crippen molar-refractivity contribution in [2.45, 2.75) is 12.5 Å². The molecular weight excluding hydrogens is 398 g/mol. The first-order valence-electron chi connectivity index (χ1n) is 9.06. The quantitative estimate of drug-likeness (QED) is 0.438. The molecule has 0 aliphatic carbocycles. The predicted octanol–water partition coefficient (Wildman–Crippen LogP) is 1.24. The van der Waals surface area contributed by atoms with Crippen LogP contribution in [-0.2, 0) is 4.74 Å². The van der Waals surface area contributed by atoms with Crippen LogP contribution in [0.3, 0.4) is 0 Å². The van der Waals surface area contributed by atoms with Crippen LogP contribution in [0.5, 0.6) is 5.75 Å². The molecule has 0 unspecified atom stereocenters. The van der Waals surface area contributed by atoms with Crippen molar-refractivity contribution in [1.29, 1.82) is 0 Å². The minimum absolute atomic E-state index is 0.0788. The van der Waals surface area contributed by atoms with Crippen LogP contribution in [0.15, 0.2) is 29.5 Å². The van der Waals surface area contributed by atoms with Gasteiger partial charge in [-0.2, -0.15) is 0 Å². The minimum atomic E-state index is -2.85. The number of nitrogens with one attached hydrogen (secondary N) is 1. The number of pyridine rings is 1. The molecule has 0 radical (unpaired) electrons. The summed E-state index contributed by atoms with van der Waals surface area (Å²) in [5, 5.41) is 2.84. The lowest BCUT2D eigenvalue weighted by Gasteiger charge is -2.28. The molecule has 3 rings (SSSR count). The summed E-state index contributed by atoms with van der Waals surface area (Å²) in [7, 11) is 0. The number of ether oxygens (including phenoxy) is 2. The summed E-state index contributed by atoms with van der Waals surface area (Å²) >= 11 is 0. The highest BCUT2D eigenvalue weighted by molar-refractivity contribution is 6.10. The minimum Gasteiger partial charge on any atom is -0.485 e. The maximum atomic E-state index is 12.9. The Hall–Kier alpha value is -3.38. The van der Waals surface area contributed by atoms with Gasteiger partial charge in [0.25, 0.3) is 6.43 Å². The molecule has 1 aliphatic rings. The number of allylic oxidation sites excluding steroid dienone is 1. The molecule has 2 aromatic rings. The summed E-state index contributed by atoms with van der Waals surface area (Å²) in [5.41, 5.74) is 18.0. The Morgan fingerprint density at radius 2 is 2.13 bits per heavy atom. The third kappa shape index (κ3) is 5.36. The Kier molecular flexibility index (Phi) is 7.03. The van der Waals surface area contributed by atoms with Crippen LogP contribution >= 0.6 is 0 Å². The van der Waals surface area contributed by atoms with E-state index in [2.05, 4.69) is 25.3 Å². The first-order valence-corrected chi connectivity index (χ1v) is 9.06. The van der Waals surface area contributed by atoms with Gasteiger partial charge in [0.1, 0.15) is 29.3 Å². The van der Waals surface area contributed by atoms with E-state index in [0.717, 1.165) is 0 Å². The van der Waals surface area contributed by atoms with Crippen molar-refractivity contribution in [3.8, 4) is 5.75 Å². The average molecular weight is 420 g/mol. The molecule has 0 amide bonds. The van der Waals surface area contributed by atoms with E-state index in [0.29, 0.717) is 49.0 Å². The fourth-order valence-corrected chi connectivity index (χ4v) is 2.50. The van der Waals surface area contributed by atoms with Crippen molar-refractivity contribution in [3.63, 3.8) is 0 Å². The topological polar surface area (TPSA) is 160 Å². The molecular formula is C18H22F2N8O2. The highest BCUT2D eigenvalue weighted by atomic mass is 19.3. The van der Waals surface area contributed by atoms with Gasteiger partial charge in [-0.05, 0) is 0 Å². The summed E-state index contributed by atoms with van der Waals surface area (Å²) in [6, 6.07) is 2.93. The summed E-state index contributed by atoms with van der Waals surface area (Å²) < 4.78 is 37.0. The van der Waals surface area contributed by atoms with Gasteiger partial charge in [0.2, 0.25) is 0 Å². The molecule has 0 spiro atoms. The summed E-state index contributed by atoms with van der Waals surface area (Å²) in [6.45, 7) is 1.75. The number of rotatable bonds is 9. The number of aromatic nitrogens is 3. The van der Waals surface area contributed by atoms with Gasteiger partial charge in [-0.25, -0.2) is 23.7 Å². The molecule has 0 bridgehead atoms. The van der Waals surface area contributed by atoms with Crippen LogP contribution in [0.4, 0.5) is 26.2 Å². The number of alkyl halides is 2. The van der Waals surface area contributed by atoms with Crippen LogP contribution in [0.1, 0.15) is 17.8 Å². The van der Waals surface area contributed by atoms with Gasteiger partial charge in [0.05, 0.1) is 19.8 Å². The van der Waals surface area contributed by atoms with Gasteiger partial charge >= 0.3 is 0 Å². The second kappa shape index (κ2) is 9.89. The van der Waals surface area contributed by atoms with Crippen molar-refractivity contribution in [1.82, 2.24) is 15.0 Å². The van der Waals surface area contributed by atoms with Crippen LogP contribution in [0, 0.1) is 0 Å². The molecule has 2 aromatic heterocycles. The van der Waals surface area contributed by atoms with Gasteiger partial charge in [0, 0.05) is 48.4 Å². The second-order valence-electron chi connectivity index (χ2n) is 6.25. The van der Waals surface area contributed by atoms with Crippen LogP contribution < -0.4 is 27.3 Å².